The van der Waals surface area contributed by atoms with Gasteiger partial charge in [-0.1, -0.05) is 48.5 Å². The molecule has 0 radical (unpaired) electrons. The van der Waals surface area contributed by atoms with Crippen molar-refractivity contribution < 1.29 is 29.4 Å². The first-order chi connectivity index (χ1) is 17.2. The predicted octanol–water partition coefficient (Wildman–Crippen LogP) is 6.86. The van der Waals surface area contributed by atoms with Crippen LogP contribution in [-0.2, 0) is 0 Å². The summed E-state index contributed by atoms with van der Waals surface area (Å²) in [6.07, 6.45) is 0. The van der Waals surface area contributed by atoms with Gasteiger partial charge in [-0.2, -0.15) is 0 Å². The zero-order valence-corrected chi connectivity index (χ0v) is 20.0. The van der Waals surface area contributed by atoms with Crippen molar-refractivity contribution in [1.82, 2.24) is 0 Å². The average Bonchev–Trinajstić information content (AvgIpc) is 2.89. The van der Waals surface area contributed by atoms with Gasteiger partial charge in [0.05, 0.1) is 11.1 Å². The topological polar surface area (TPSA) is 109 Å². The van der Waals surface area contributed by atoms with Crippen molar-refractivity contribution in [2.24, 2.45) is 0 Å². The summed E-state index contributed by atoms with van der Waals surface area (Å²) in [7, 11) is 0. The first-order valence-electron chi connectivity index (χ1n) is 10.4. The minimum atomic E-state index is -0.970. The van der Waals surface area contributed by atoms with Gasteiger partial charge in [-0.25, -0.2) is 9.59 Å². The van der Waals surface area contributed by atoms with Crippen LogP contribution in [0.2, 0.25) is 0 Å². The van der Waals surface area contributed by atoms with Gasteiger partial charge in [0, 0.05) is 11.1 Å². The maximum Gasteiger partial charge on any atom is 0.335 e. The van der Waals surface area contributed by atoms with E-state index in [9.17, 15) is 19.2 Å². The Morgan fingerprint density at radius 2 is 0.583 bits per heavy atom. The lowest BCUT2D eigenvalue weighted by molar-refractivity contribution is 0.0686. The van der Waals surface area contributed by atoms with E-state index >= 15 is 0 Å². The second-order valence-electron chi connectivity index (χ2n) is 7.47. The van der Waals surface area contributed by atoms with Crippen molar-refractivity contribution >= 4 is 45.6 Å². The fourth-order valence-electron chi connectivity index (χ4n) is 3.20. The Hall–Kier alpha value is -4.26. The van der Waals surface area contributed by atoms with Crippen LogP contribution in [0.5, 0.6) is 0 Å². The molecule has 0 heterocycles. The van der Waals surface area contributed by atoms with Crippen molar-refractivity contribution in [1.29, 1.82) is 0 Å². The molecule has 4 rings (SSSR count). The van der Waals surface area contributed by atoms with Crippen molar-refractivity contribution in [2.45, 2.75) is 0 Å². The van der Waals surface area contributed by atoms with Crippen molar-refractivity contribution in [2.75, 3.05) is 0 Å². The number of carboxylic acids is 2. The normalized spacial score (nSPS) is 10.1. The van der Waals surface area contributed by atoms with Crippen LogP contribution in [0.25, 0.3) is 22.3 Å². The Morgan fingerprint density at radius 3 is 0.750 bits per heavy atom. The Kier molecular flexibility index (Phi) is 8.73. The second kappa shape index (κ2) is 11.9. The Labute approximate surface area is 216 Å². The molecule has 0 saturated heterocycles. The van der Waals surface area contributed by atoms with Gasteiger partial charge >= 0.3 is 11.9 Å². The van der Waals surface area contributed by atoms with Crippen LogP contribution in [0.15, 0.2) is 97.1 Å². The minimum absolute atomic E-state index is 0.223. The highest BCUT2D eigenvalue weighted by Gasteiger charge is 2.06. The standard InChI is InChI=1S/C14H8Cl2O2.C14H10O4/c15-13(17)11-5-1-9(2-6-11)10-3-7-12(8-4-10)14(16)18;15-13(16)11-5-1-9(2-6-11)10-3-7-12(8-4-10)14(17)18/h1-8H;1-8H,(H,15,16)(H,17,18). The molecule has 2 N–H and O–H groups in total. The van der Waals surface area contributed by atoms with Crippen LogP contribution in [0.1, 0.15) is 41.4 Å². The number of hydrogen-bond acceptors (Lipinski definition) is 4. The minimum Gasteiger partial charge on any atom is -0.478 e. The molecule has 0 aromatic heterocycles. The van der Waals surface area contributed by atoms with Gasteiger partial charge in [0.25, 0.3) is 10.5 Å². The summed E-state index contributed by atoms with van der Waals surface area (Å²) in [5, 5.41) is 16.6. The predicted molar refractivity (Wildman–Crippen MR) is 138 cm³/mol. The summed E-state index contributed by atoms with van der Waals surface area (Å²) >= 11 is 10.7. The molecule has 0 aliphatic heterocycles. The molecule has 180 valence electrons. The molecular formula is C28H18Cl2O6. The summed E-state index contributed by atoms with van der Waals surface area (Å²) in [5.74, 6) is -1.94. The highest BCUT2D eigenvalue weighted by atomic mass is 35.5. The molecule has 0 bridgehead atoms. The van der Waals surface area contributed by atoms with E-state index in [4.69, 9.17) is 33.4 Å². The molecule has 0 fully saturated rings. The second-order valence-corrected chi connectivity index (χ2v) is 8.15. The zero-order valence-electron chi connectivity index (χ0n) is 18.5. The fraction of sp³-hybridized carbons (Fsp3) is 0. The van der Waals surface area contributed by atoms with Crippen LogP contribution in [0.4, 0.5) is 0 Å². The van der Waals surface area contributed by atoms with Crippen molar-refractivity contribution in [3.05, 3.63) is 119 Å². The summed E-state index contributed by atoms with van der Waals surface area (Å²) in [6, 6.07) is 26.7. The zero-order chi connectivity index (χ0) is 26.2. The summed E-state index contributed by atoms with van der Waals surface area (Å²) < 4.78 is 0. The lowest BCUT2D eigenvalue weighted by Gasteiger charge is -2.03. The lowest BCUT2D eigenvalue weighted by atomic mass is 10.0. The van der Waals surface area contributed by atoms with Gasteiger partial charge in [0.15, 0.2) is 0 Å². The monoisotopic (exact) mass is 520 g/mol. The van der Waals surface area contributed by atoms with Gasteiger partial charge in [-0.3, -0.25) is 9.59 Å². The maximum atomic E-state index is 10.9. The highest BCUT2D eigenvalue weighted by Crippen LogP contribution is 2.22. The van der Waals surface area contributed by atoms with E-state index < -0.39 is 22.4 Å². The maximum absolute atomic E-state index is 10.9. The Balaban J connectivity index is 0.000000201. The molecule has 0 atom stereocenters. The number of halogens is 2. The van der Waals surface area contributed by atoms with E-state index in [1.165, 1.54) is 24.3 Å². The summed E-state index contributed by atoms with van der Waals surface area (Å²) in [4.78, 5) is 43.3. The molecule has 36 heavy (non-hydrogen) atoms. The van der Waals surface area contributed by atoms with Gasteiger partial charge in [0.1, 0.15) is 0 Å². The van der Waals surface area contributed by atoms with Crippen molar-refractivity contribution in [3.63, 3.8) is 0 Å². The molecule has 0 aliphatic rings. The van der Waals surface area contributed by atoms with Gasteiger partial charge in [-0.05, 0) is 94.0 Å². The van der Waals surface area contributed by atoms with Crippen LogP contribution < -0.4 is 0 Å². The smallest absolute Gasteiger partial charge is 0.335 e. The number of aromatic carboxylic acids is 2. The Bertz CT molecular complexity index is 1170. The number of carbonyl (C=O) groups excluding carboxylic acids is 2. The first-order valence-corrected chi connectivity index (χ1v) is 11.2. The fourth-order valence-corrected chi connectivity index (χ4v) is 3.45. The summed E-state index contributed by atoms with van der Waals surface area (Å²) in [5.41, 5.74) is 4.91. The number of carbonyl (C=O) groups is 4. The van der Waals surface area contributed by atoms with Crippen LogP contribution in [0.3, 0.4) is 0 Å². The highest BCUT2D eigenvalue weighted by molar-refractivity contribution is 6.68. The van der Waals surface area contributed by atoms with E-state index in [2.05, 4.69) is 0 Å². The molecule has 0 aliphatic carbocycles. The van der Waals surface area contributed by atoms with E-state index in [-0.39, 0.29) is 11.1 Å². The van der Waals surface area contributed by atoms with Crippen LogP contribution in [0, 0.1) is 0 Å². The quantitative estimate of drug-likeness (QED) is 0.268. The average molecular weight is 521 g/mol. The van der Waals surface area contributed by atoms with E-state index in [0.29, 0.717) is 11.1 Å². The van der Waals surface area contributed by atoms with Crippen molar-refractivity contribution in [3.8, 4) is 22.3 Å². The number of carboxylic acid groups (broad SMARTS) is 2. The third-order valence-electron chi connectivity index (χ3n) is 5.15. The molecule has 0 amide bonds. The molecule has 0 saturated carbocycles. The first kappa shape index (κ1) is 26.3. The third-order valence-corrected chi connectivity index (χ3v) is 5.59. The molecule has 6 nitrogen and oxygen atoms in total. The molecule has 4 aromatic carbocycles. The SMILES string of the molecule is O=C(Cl)c1ccc(-c2ccc(C(=O)Cl)cc2)cc1.O=C(O)c1ccc(-c2ccc(C(=O)O)cc2)cc1. The molecule has 4 aromatic rings. The molecule has 0 spiro atoms. The van der Waals surface area contributed by atoms with Crippen LogP contribution >= 0.6 is 23.2 Å². The van der Waals surface area contributed by atoms with Crippen LogP contribution in [-0.4, -0.2) is 32.6 Å². The number of hydrogen-bond donors (Lipinski definition) is 2. The van der Waals surface area contributed by atoms with E-state index in [1.807, 2.05) is 0 Å². The number of benzene rings is 4. The van der Waals surface area contributed by atoms with E-state index in [1.54, 1.807) is 72.8 Å². The van der Waals surface area contributed by atoms with Gasteiger partial charge in [0.2, 0.25) is 0 Å². The van der Waals surface area contributed by atoms with Gasteiger partial charge < -0.3 is 10.2 Å². The summed E-state index contributed by atoms with van der Waals surface area (Å²) in [6.45, 7) is 0. The van der Waals surface area contributed by atoms with Gasteiger partial charge in [-0.15, -0.1) is 0 Å². The van der Waals surface area contributed by atoms with E-state index in [0.717, 1.165) is 22.3 Å². The third kappa shape index (κ3) is 6.88. The lowest BCUT2D eigenvalue weighted by Crippen LogP contribution is -1.96. The largest absolute Gasteiger partial charge is 0.478 e. The molecule has 8 heteroatoms. The number of rotatable bonds is 6. The molecular weight excluding hydrogens is 503 g/mol. The molecule has 0 unspecified atom stereocenters. The Morgan fingerprint density at radius 1 is 0.389 bits per heavy atom.